The molecule has 19 heavy (non-hydrogen) atoms. The van der Waals surface area contributed by atoms with Crippen molar-refractivity contribution < 1.29 is 14.7 Å². The van der Waals surface area contributed by atoms with Crippen LogP contribution in [0.25, 0.3) is 0 Å². The minimum atomic E-state index is -0.243. The molecule has 0 heterocycles. The van der Waals surface area contributed by atoms with Gasteiger partial charge in [-0.3, -0.25) is 9.59 Å². The number of amides is 2. The van der Waals surface area contributed by atoms with Gasteiger partial charge < -0.3 is 15.3 Å². The van der Waals surface area contributed by atoms with Gasteiger partial charge in [0.2, 0.25) is 5.91 Å². The monoisotopic (exact) mass is 264 g/mol. The van der Waals surface area contributed by atoms with Crippen molar-refractivity contribution in [1.82, 2.24) is 10.2 Å². The minimum absolute atomic E-state index is 0.0380. The summed E-state index contributed by atoms with van der Waals surface area (Å²) < 4.78 is 0. The van der Waals surface area contributed by atoms with Crippen LogP contribution in [-0.2, 0) is 4.79 Å². The number of phenolic OH excluding ortho intramolecular Hbond substituents is 1. The Morgan fingerprint density at radius 3 is 2.26 bits per heavy atom. The molecule has 0 atom stereocenters. The first-order chi connectivity index (χ1) is 9.08. The summed E-state index contributed by atoms with van der Waals surface area (Å²) in [6.07, 6.45) is 0.297. The van der Waals surface area contributed by atoms with Crippen LogP contribution < -0.4 is 5.32 Å². The molecule has 0 spiro atoms. The molecule has 2 N–H and O–H groups in total. The second-order valence-corrected chi connectivity index (χ2v) is 4.12. The molecule has 0 saturated carbocycles. The number of nitrogens with one attached hydrogen (secondary N) is 1. The van der Waals surface area contributed by atoms with Crippen LogP contribution in [0.2, 0.25) is 0 Å². The zero-order valence-corrected chi connectivity index (χ0v) is 11.3. The molecule has 5 heteroatoms. The molecule has 2 amide bonds. The predicted molar refractivity (Wildman–Crippen MR) is 73.0 cm³/mol. The molecule has 5 nitrogen and oxygen atoms in total. The lowest BCUT2D eigenvalue weighted by atomic mass is 10.2. The van der Waals surface area contributed by atoms with E-state index in [2.05, 4.69) is 5.32 Å². The van der Waals surface area contributed by atoms with Crippen LogP contribution in [0.3, 0.4) is 0 Å². The first kappa shape index (κ1) is 15.0. The summed E-state index contributed by atoms with van der Waals surface area (Å²) in [5.74, 6) is -0.0865. The second kappa shape index (κ2) is 7.41. The summed E-state index contributed by atoms with van der Waals surface area (Å²) >= 11 is 0. The van der Waals surface area contributed by atoms with Crippen molar-refractivity contribution >= 4 is 11.8 Å². The molecule has 0 unspecified atom stereocenters. The van der Waals surface area contributed by atoms with E-state index >= 15 is 0 Å². The van der Waals surface area contributed by atoms with Crippen molar-refractivity contribution in [3.8, 4) is 5.75 Å². The van der Waals surface area contributed by atoms with Gasteiger partial charge in [0.05, 0.1) is 0 Å². The molecule has 0 saturated heterocycles. The maximum absolute atomic E-state index is 11.7. The van der Waals surface area contributed by atoms with Gasteiger partial charge in [-0.25, -0.2) is 0 Å². The molecular formula is C14H20N2O3. The van der Waals surface area contributed by atoms with Gasteiger partial charge in [-0.2, -0.15) is 0 Å². The summed E-state index contributed by atoms with van der Waals surface area (Å²) in [6, 6.07) is 5.99. The lowest BCUT2D eigenvalue weighted by molar-refractivity contribution is -0.130. The maximum Gasteiger partial charge on any atom is 0.251 e. The van der Waals surface area contributed by atoms with E-state index < -0.39 is 0 Å². The largest absolute Gasteiger partial charge is 0.508 e. The molecule has 1 aromatic rings. The van der Waals surface area contributed by atoms with Crippen molar-refractivity contribution in [3.63, 3.8) is 0 Å². The van der Waals surface area contributed by atoms with Gasteiger partial charge in [0.15, 0.2) is 0 Å². The number of rotatable bonds is 6. The lowest BCUT2D eigenvalue weighted by Gasteiger charge is -2.18. The van der Waals surface area contributed by atoms with E-state index in [0.717, 1.165) is 0 Å². The number of carbonyl (C=O) groups is 2. The number of hydrogen-bond acceptors (Lipinski definition) is 3. The molecular weight excluding hydrogens is 244 g/mol. The zero-order valence-electron chi connectivity index (χ0n) is 11.3. The summed E-state index contributed by atoms with van der Waals surface area (Å²) in [5.41, 5.74) is 0.466. The fourth-order valence-electron chi connectivity index (χ4n) is 1.73. The molecule has 0 bridgehead atoms. The smallest absolute Gasteiger partial charge is 0.251 e. The topological polar surface area (TPSA) is 69.6 Å². The van der Waals surface area contributed by atoms with Crippen LogP contribution in [0.1, 0.15) is 30.6 Å². The molecule has 0 radical (unpaired) electrons. The summed E-state index contributed by atoms with van der Waals surface area (Å²) in [5, 5.41) is 11.8. The average Bonchev–Trinajstić information content (AvgIpc) is 2.40. The van der Waals surface area contributed by atoms with Gasteiger partial charge in [0.1, 0.15) is 5.75 Å². The van der Waals surface area contributed by atoms with Crippen LogP contribution in [0.5, 0.6) is 5.75 Å². The number of carbonyl (C=O) groups excluding carboxylic acids is 2. The van der Waals surface area contributed by atoms with Gasteiger partial charge in [-0.05, 0) is 38.1 Å². The number of benzene rings is 1. The summed E-state index contributed by atoms with van der Waals surface area (Å²) in [7, 11) is 0. The highest BCUT2D eigenvalue weighted by Crippen LogP contribution is 2.09. The first-order valence-corrected chi connectivity index (χ1v) is 6.43. The lowest BCUT2D eigenvalue weighted by Crippen LogP contribution is -2.34. The Kier molecular flexibility index (Phi) is 5.85. The molecule has 0 aliphatic carbocycles. The molecule has 1 aromatic carbocycles. The third-order valence-corrected chi connectivity index (χ3v) is 2.87. The van der Waals surface area contributed by atoms with E-state index in [1.165, 1.54) is 24.3 Å². The normalized spacial score (nSPS) is 10.0. The van der Waals surface area contributed by atoms with Crippen molar-refractivity contribution in [1.29, 1.82) is 0 Å². The number of hydrogen-bond donors (Lipinski definition) is 2. The van der Waals surface area contributed by atoms with E-state index in [1.807, 2.05) is 13.8 Å². The van der Waals surface area contributed by atoms with E-state index in [1.54, 1.807) is 4.90 Å². The third-order valence-electron chi connectivity index (χ3n) is 2.87. The van der Waals surface area contributed by atoms with Crippen molar-refractivity contribution in [2.45, 2.75) is 20.3 Å². The Hall–Kier alpha value is -2.04. The Balaban J connectivity index is 2.39. The van der Waals surface area contributed by atoms with Crippen LogP contribution >= 0.6 is 0 Å². The van der Waals surface area contributed by atoms with Crippen LogP contribution in [0, 0.1) is 0 Å². The zero-order chi connectivity index (χ0) is 14.3. The van der Waals surface area contributed by atoms with Crippen molar-refractivity contribution in [2.24, 2.45) is 0 Å². The van der Waals surface area contributed by atoms with E-state index in [-0.39, 0.29) is 17.6 Å². The Morgan fingerprint density at radius 1 is 1.16 bits per heavy atom. The first-order valence-electron chi connectivity index (χ1n) is 6.43. The average molecular weight is 264 g/mol. The van der Waals surface area contributed by atoms with Crippen molar-refractivity contribution in [2.75, 3.05) is 19.6 Å². The third kappa shape index (κ3) is 4.62. The second-order valence-electron chi connectivity index (χ2n) is 4.12. The number of aromatic hydroxyl groups is 1. The van der Waals surface area contributed by atoms with Gasteiger partial charge in [-0.15, -0.1) is 0 Å². The quantitative estimate of drug-likeness (QED) is 0.815. The van der Waals surface area contributed by atoms with E-state index in [9.17, 15) is 9.59 Å². The highest BCUT2D eigenvalue weighted by atomic mass is 16.3. The minimum Gasteiger partial charge on any atom is -0.508 e. The molecule has 0 aliphatic rings. The van der Waals surface area contributed by atoms with Gasteiger partial charge in [0, 0.05) is 31.6 Å². The summed E-state index contributed by atoms with van der Waals surface area (Å²) in [6.45, 7) is 5.53. The van der Waals surface area contributed by atoms with Crippen LogP contribution in [0.15, 0.2) is 24.3 Å². The fourth-order valence-corrected chi connectivity index (χ4v) is 1.73. The standard InChI is InChI=1S/C14H20N2O3/c1-3-16(4-2)13(18)9-10-15-14(19)11-5-7-12(17)8-6-11/h5-8,17H,3-4,9-10H2,1-2H3,(H,15,19). The van der Waals surface area contributed by atoms with E-state index in [0.29, 0.717) is 31.6 Å². The SMILES string of the molecule is CCN(CC)C(=O)CCNC(=O)c1ccc(O)cc1. The summed E-state index contributed by atoms with van der Waals surface area (Å²) in [4.78, 5) is 25.2. The highest BCUT2D eigenvalue weighted by molar-refractivity contribution is 5.94. The predicted octanol–water partition coefficient (Wildman–Crippen LogP) is 1.38. The Labute approximate surface area is 113 Å². The molecule has 104 valence electrons. The Bertz CT molecular complexity index is 425. The van der Waals surface area contributed by atoms with Gasteiger partial charge in [-0.1, -0.05) is 0 Å². The van der Waals surface area contributed by atoms with Gasteiger partial charge in [0.25, 0.3) is 5.91 Å². The highest BCUT2D eigenvalue weighted by Gasteiger charge is 2.10. The molecule has 0 aromatic heterocycles. The fraction of sp³-hybridized carbons (Fsp3) is 0.429. The Morgan fingerprint density at radius 2 is 1.74 bits per heavy atom. The molecule has 0 fully saturated rings. The van der Waals surface area contributed by atoms with E-state index in [4.69, 9.17) is 5.11 Å². The maximum atomic E-state index is 11.7. The van der Waals surface area contributed by atoms with Crippen molar-refractivity contribution in [3.05, 3.63) is 29.8 Å². The van der Waals surface area contributed by atoms with Crippen LogP contribution in [0.4, 0.5) is 0 Å². The number of nitrogens with zero attached hydrogens (tertiary/aromatic N) is 1. The molecule has 0 aliphatic heterocycles. The number of phenols is 1. The van der Waals surface area contributed by atoms with Gasteiger partial charge >= 0.3 is 0 Å². The van der Waals surface area contributed by atoms with Crippen LogP contribution in [-0.4, -0.2) is 41.5 Å². The molecule has 1 rings (SSSR count).